The van der Waals surface area contributed by atoms with Crippen molar-refractivity contribution in [3.8, 4) is 57.5 Å². The van der Waals surface area contributed by atoms with Gasteiger partial charge in [-0.2, -0.15) is 0 Å². The second-order valence-electron chi connectivity index (χ2n) is 17.7. The Kier molecular flexibility index (Phi) is 21.5. The van der Waals surface area contributed by atoms with Crippen LogP contribution in [-0.2, 0) is 9.84 Å². The molecule has 0 saturated carbocycles. The van der Waals surface area contributed by atoms with E-state index in [-0.39, 0.29) is 56.5 Å². The monoisotopic (exact) mass is 1180 g/mol. The van der Waals surface area contributed by atoms with E-state index in [2.05, 4.69) is 0 Å². The van der Waals surface area contributed by atoms with Gasteiger partial charge in [-0.15, -0.1) is 0 Å². The molecule has 18 nitrogen and oxygen atoms in total. The van der Waals surface area contributed by atoms with Gasteiger partial charge in [0.2, 0.25) is 9.84 Å². The Morgan fingerprint density at radius 2 is 1.04 bits per heavy atom. The molecule has 0 aliphatic carbocycles. The summed E-state index contributed by atoms with van der Waals surface area (Å²) in [5.41, 5.74) is 2.61. The first kappa shape index (κ1) is 61.2. The molecule has 430 valence electrons. The van der Waals surface area contributed by atoms with Crippen molar-refractivity contribution in [1.29, 1.82) is 0 Å². The number of fused-ring (bicyclic) bond motifs is 3. The smallest absolute Gasteiger partial charge is 0.311 e. The summed E-state index contributed by atoms with van der Waals surface area (Å²) in [5, 5.41) is 21.0. The highest BCUT2D eigenvalue weighted by molar-refractivity contribution is 7.99. The number of ketones is 3. The number of sulfone groups is 1. The summed E-state index contributed by atoms with van der Waals surface area (Å²) >= 11 is 3.10. The minimum Gasteiger partial charge on any atom is -0.504 e. The normalized spacial score (nSPS) is 13.3. The molecule has 0 unspecified atom stereocenters. The van der Waals surface area contributed by atoms with E-state index in [1.54, 1.807) is 72.1 Å². The minimum absolute atomic E-state index is 0.0105. The number of hydrogen-bond donors (Lipinski definition) is 1. The molecule has 0 fully saturated rings. The van der Waals surface area contributed by atoms with E-state index in [0.717, 1.165) is 28.4 Å². The van der Waals surface area contributed by atoms with Crippen molar-refractivity contribution in [2.45, 2.75) is 54.7 Å². The predicted molar refractivity (Wildman–Crippen MR) is 309 cm³/mol. The van der Waals surface area contributed by atoms with Crippen LogP contribution in [0.4, 0.5) is 10.1 Å². The zero-order chi connectivity index (χ0) is 58.9. The number of phenols is 1. The third-order valence-electron chi connectivity index (χ3n) is 11.9. The molecule has 6 aromatic rings. The van der Waals surface area contributed by atoms with E-state index in [4.69, 9.17) is 42.6 Å². The Hall–Kier alpha value is -8.47. The number of ether oxygens (including phenoxy) is 9. The summed E-state index contributed by atoms with van der Waals surface area (Å²) in [6.07, 6.45) is 11.1. The summed E-state index contributed by atoms with van der Waals surface area (Å²) in [6.45, 7) is 7.25. The van der Waals surface area contributed by atoms with Crippen molar-refractivity contribution >= 4 is 74.6 Å². The maximum Gasteiger partial charge on any atom is 0.311 e. The van der Waals surface area contributed by atoms with Crippen molar-refractivity contribution in [3.05, 3.63) is 159 Å². The minimum atomic E-state index is -3.55. The number of hydrogen-bond acceptors (Lipinski definition) is 19. The van der Waals surface area contributed by atoms with Crippen LogP contribution < -0.4 is 42.6 Å². The first-order valence-electron chi connectivity index (χ1n) is 25.5. The Bertz CT molecular complexity index is 3560. The fourth-order valence-electron chi connectivity index (χ4n) is 7.86. The molecule has 3 heterocycles. The number of nitrogens with zero attached hydrogens (tertiary/aromatic N) is 1. The molecule has 0 aromatic heterocycles. The molecular formula is C60H58FNO17S3. The van der Waals surface area contributed by atoms with E-state index >= 15 is 0 Å². The highest BCUT2D eigenvalue weighted by atomic mass is 32.2. The molecule has 9 rings (SSSR count). The van der Waals surface area contributed by atoms with Gasteiger partial charge < -0.3 is 47.7 Å². The Morgan fingerprint density at radius 1 is 0.585 bits per heavy atom. The highest BCUT2D eigenvalue weighted by Crippen LogP contribution is 2.43. The number of rotatable bonds is 22. The number of nitro benzene ring substituents is 1. The number of thioether (sulfide) groups is 2. The summed E-state index contributed by atoms with van der Waals surface area (Å²) in [7, 11) is 0.675. The number of nitro groups is 1. The molecule has 1 N–H and O–H groups in total. The maximum atomic E-state index is 13.8. The second-order valence-corrected chi connectivity index (χ2v) is 21.6. The average molecular weight is 1180 g/mol. The van der Waals surface area contributed by atoms with Gasteiger partial charge in [0.25, 0.3) is 0 Å². The van der Waals surface area contributed by atoms with Crippen LogP contribution in [0.3, 0.4) is 0 Å². The van der Waals surface area contributed by atoms with Crippen molar-refractivity contribution in [1.82, 2.24) is 0 Å². The van der Waals surface area contributed by atoms with Crippen LogP contribution in [0.15, 0.2) is 124 Å². The van der Waals surface area contributed by atoms with Crippen LogP contribution in [0.2, 0.25) is 0 Å². The van der Waals surface area contributed by atoms with Crippen molar-refractivity contribution in [2.24, 2.45) is 0 Å². The van der Waals surface area contributed by atoms with Gasteiger partial charge in [-0.1, -0.05) is 80.7 Å². The second kappa shape index (κ2) is 28.8. The van der Waals surface area contributed by atoms with Crippen molar-refractivity contribution in [2.75, 3.05) is 59.0 Å². The molecule has 0 spiro atoms. The van der Waals surface area contributed by atoms with Crippen LogP contribution >= 0.6 is 23.5 Å². The number of methoxy groups -OCH3 is 3. The number of carbonyl (C=O) groups is 3. The molecule has 6 aromatic carbocycles. The fraction of sp³-hybridized carbons (Fsp3) is 0.250. The molecular weight excluding hydrogens is 1120 g/mol. The predicted octanol–water partition coefficient (Wildman–Crippen LogP) is 12.9. The molecule has 0 atom stereocenters. The Morgan fingerprint density at radius 3 is 1.55 bits per heavy atom. The zero-order valence-electron chi connectivity index (χ0n) is 45.5. The lowest BCUT2D eigenvalue weighted by Gasteiger charge is -2.11. The first-order valence-corrected chi connectivity index (χ1v) is 29.1. The molecule has 0 radical (unpaired) electrons. The number of phenolic OH excluding ortho intramolecular Hbond substituents is 1. The van der Waals surface area contributed by atoms with E-state index in [0.29, 0.717) is 88.9 Å². The summed E-state index contributed by atoms with van der Waals surface area (Å²) in [5.74, 6) is 2.61. The van der Waals surface area contributed by atoms with Gasteiger partial charge in [0.15, 0.2) is 52.1 Å². The third-order valence-corrected chi connectivity index (χ3v) is 15.1. The van der Waals surface area contributed by atoms with E-state index in [1.807, 2.05) is 32.9 Å². The lowest BCUT2D eigenvalue weighted by atomic mass is 10.1. The molecule has 82 heavy (non-hydrogen) atoms. The van der Waals surface area contributed by atoms with Crippen LogP contribution in [0.1, 0.15) is 87.8 Å². The lowest BCUT2D eigenvalue weighted by molar-refractivity contribution is -0.385. The molecule has 3 aliphatic rings. The average Bonchev–Trinajstić information content (AvgIpc) is 4.42. The first-order chi connectivity index (χ1) is 39.5. The molecule has 0 saturated heterocycles. The fourth-order valence-corrected chi connectivity index (χ4v) is 10.5. The molecule has 3 aliphatic heterocycles. The number of allylic oxidation sites excluding steroid dienone is 3. The van der Waals surface area contributed by atoms with Gasteiger partial charge in [-0.3, -0.25) is 24.5 Å². The van der Waals surface area contributed by atoms with Gasteiger partial charge in [0, 0.05) is 18.2 Å². The van der Waals surface area contributed by atoms with Crippen LogP contribution in [0.25, 0.3) is 18.2 Å². The van der Waals surface area contributed by atoms with Gasteiger partial charge in [0.05, 0.1) is 72.6 Å². The summed E-state index contributed by atoms with van der Waals surface area (Å²) < 4.78 is 86.0. The zero-order valence-corrected chi connectivity index (χ0v) is 48.0. The maximum absolute atomic E-state index is 13.8. The largest absolute Gasteiger partial charge is 0.504 e. The van der Waals surface area contributed by atoms with E-state index in [1.165, 1.54) is 88.1 Å². The quantitative estimate of drug-likeness (QED) is 0.0288. The summed E-state index contributed by atoms with van der Waals surface area (Å²) in [4.78, 5) is 50.7. The topological polar surface area (TPSA) is 232 Å². The third kappa shape index (κ3) is 15.5. The van der Waals surface area contributed by atoms with Crippen LogP contribution in [0, 0.1) is 15.9 Å². The van der Waals surface area contributed by atoms with Gasteiger partial charge in [0.1, 0.15) is 51.3 Å². The Labute approximate surface area is 481 Å². The lowest BCUT2D eigenvalue weighted by Crippen LogP contribution is -2.05. The SMILES string of the molecule is CCCOc1cc2c(cc1C(=O)/C=C/c1ccc(OC)c(F)c1)OCS2(=O)=O.CCCOc1cc2c(cc1C(=O)/C=C/c1ccc(OC)c(O)c1)SCO2.CCCOc1cc2c(cc1C(=O)/C=C/c1ccc(OC)c([N+](=O)[O-])c1)OCS2. The van der Waals surface area contributed by atoms with Gasteiger partial charge in [-0.25, -0.2) is 12.8 Å². The number of aromatic hydroxyl groups is 1. The van der Waals surface area contributed by atoms with E-state index < -0.39 is 32.3 Å². The molecule has 0 bridgehead atoms. The molecule has 0 amide bonds. The van der Waals surface area contributed by atoms with E-state index in [9.17, 15) is 42.4 Å². The number of halogens is 1. The van der Waals surface area contributed by atoms with Crippen molar-refractivity contribution in [3.63, 3.8) is 0 Å². The Balaban J connectivity index is 0.000000177. The van der Waals surface area contributed by atoms with Gasteiger partial charge >= 0.3 is 5.69 Å². The van der Waals surface area contributed by atoms with Crippen LogP contribution in [0.5, 0.6) is 57.5 Å². The molecule has 22 heteroatoms. The van der Waals surface area contributed by atoms with Crippen LogP contribution in [-0.4, -0.2) is 94.8 Å². The number of carbonyl (C=O) groups excluding carboxylic acids is 3. The van der Waals surface area contributed by atoms with Gasteiger partial charge in [-0.05, 0) is 109 Å². The highest BCUT2D eigenvalue weighted by Gasteiger charge is 2.31. The number of benzene rings is 6. The standard InChI is InChI=1S/C20H19FO6S.C20H19NO6S.C20H20O5S/c1-3-8-26-18-11-20-19(27-12-28(20,23)24)10-14(18)16(22)6-4-13-5-7-17(25-2)15(21)9-13;1-3-8-26-18-11-20-19(27-12-28-20)10-14(18)16(22)6-4-13-5-7-17(25-2)15(9-13)21(23)24;1-3-8-24-18-11-19-20(26-12-25-19)10-14(18)15(21)6-4-13-5-7-17(23-2)16(22)9-13/h2*4-7,9-11H,3,8,12H2,1-2H3;4-7,9-11,22H,3,8,12H2,1-2H3/b3*6-4+. The summed E-state index contributed by atoms with van der Waals surface area (Å²) in [6, 6.07) is 23.6. The van der Waals surface area contributed by atoms with Crippen molar-refractivity contribution < 1.29 is 79.9 Å².